The first kappa shape index (κ1) is 35.4. The van der Waals surface area contributed by atoms with E-state index in [1.165, 1.54) is 11.8 Å². The van der Waals surface area contributed by atoms with Crippen molar-refractivity contribution < 1.29 is 40.3 Å². The fraction of sp³-hybridized carbons (Fsp3) is 0.237. The molecule has 1 unspecified atom stereocenters. The standard InChI is InChI=1S/C38H37N2O5PS.BrH/c1-26(41)39-34-31(25-46(28-19-11-6-12-20-28,29-21-13-7-14-22-29)30-23-15-8-16-24-30)33(37(43)45-38(2,3)4)40-35(42)32(36(40)47(34)44)27-17-9-5-10-18-27;/h5-24,32,34,36H,25H2,1-4H3;1H/t32-,34?,36-,47-;/m1./s1. The highest BCUT2D eigenvalue weighted by Crippen LogP contribution is 2.59. The molecule has 1 saturated heterocycles. The zero-order chi connectivity index (χ0) is 33.3. The van der Waals surface area contributed by atoms with Crippen LogP contribution in [-0.4, -0.2) is 49.4 Å². The summed E-state index contributed by atoms with van der Waals surface area (Å²) in [6, 6.07) is 39.5. The van der Waals surface area contributed by atoms with Gasteiger partial charge in [0.1, 0.15) is 45.2 Å². The van der Waals surface area contributed by atoms with Gasteiger partial charge in [0, 0.05) is 12.5 Å². The molecule has 0 bridgehead atoms. The summed E-state index contributed by atoms with van der Waals surface area (Å²) in [5.74, 6) is -2.12. The van der Waals surface area contributed by atoms with Crippen molar-refractivity contribution in [3.05, 3.63) is 138 Å². The Morgan fingerprint density at radius 1 is 0.792 bits per heavy atom. The molecule has 4 aromatic rings. The molecule has 48 heavy (non-hydrogen) atoms. The predicted octanol–water partition coefficient (Wildman–Crippen LogP) is 1.76. The lowest BCUT2D eigenvalue weighted by Gasteiger charge is -2.52. The van der Waals surface area contributed by atoms with Crippen LogP contribution in [0.3, 0.4) is 0 Å². The Labute approximate surface area is 295 Å². The second-order valence-corrected chi connectivity index (χ2v) is 17.8. The normalized spacial score (nSPS) is 20.6. The van der Waals surface area contributed by atoms with E-state index in [0.29, 0.717) is 11.1 Å². The van der Waals surface area contributed by atoms with E-state index in [1.54, 1.807) is 20.8 Å². The molecule has 1 fully saturated rings. The fourth-order valence-electron chi connectivity index (χ4n) is 6.53. The lowest BCUT2D eigenvalue weighted by molar-refractivity contribution is -0.158. The summed E-state index contributed by atoms with van der Waals surface area (Å²) in [5, 5.41) is 4.19. The van der Waals surface area contributed by atoms with Crippen LogP contribution in [0.1, 0.15) is 39.2 Å². The van der Waals surface area contributed by atoms with Gasteiger partial charge >= 0.3 is 5.97 Å². The van der Waals surface area contributed by atoms with Crippen LogP contribution in [0.25, 0.3) is 0 Å². The average molecular weight is 746 g/mol. The Hall–Kier alpha value is -3.91. The Morgan fingerprint density at radius 2 is 1.23 bits per heavy atom. The molecule has 2 aliphatic rings. The van der Waals surface area contributed by atoms with E-state index in [4.69, 9.17) is 4.74 Å². The largest absolute Gasteiger partial charge is 1.00 e. The first-order valence-corrected chi connectivity index (χ1v) is 18.8. The third-order valence-electron chi connectivity index (χ3n) is 8.46. The number of ether oxygens (including phenoxy) is 1. The second kappa shape index (κ2) is 14.3. The third kappa shape index (κ3) is 6.56. The zero-order valence-electron chi connectivity index (χ0n) is 27.2. The molecule has 10 heteroatoms. The van der Waals surface area contributed by atoms with Crippen molar-refractivity contribution in [2.75, 3.05) is 6.16 Å². The molecule has 7 nitrogen and oxygen atoms in total. The van der Waals surface area contributed by atoms with Crippen LogP contribution >= 0.6 is 7.26 Å². The van der Waals surface area contributed by atoms with E-state index in [9.17, 15) is 18.6 Å². The smallest absolute Gasteiger partial charge is 0.355 e. The van der Waals surface area contributed by atoms with Crippen LogP contribution < -0.4 is 38.2 Å². The molecule has 248 valence electrons. The molecule has 0 spiro atoms. The van der Waals surface area contributed by atoms with Gasteiger partial charge in [-0.2, -0.15) is 0 Å². The quantitative estimate of drug-likeness (QED) is 0.169. The van der Waals surface area contributed by atoms with E-state index in [2.05, 4.69) is 41.7 Å². The summed E-state index contributed by atoms with van der Waals surface area (Å²) in [6.07, 6.45) is 0.239. The number of nitrogens with one attached hydrogen (secondary N) is 1. The topological polar surface area (TPSA) is 92.8 Å². The van der Waals surface area contributed by atoms with E-state index in [0.717, 1.165) is 15.9 Å². The van der Waals surface area contributed by atoms with Crippen LogP contribution in [0.4, 0.5) is 0 Å². The monoisotopic (exact) mass is 744 g/mol. The number of carbonyl (C=O) groups excluding carboxylic acids is 3. The first-order chi connectivity index (χ1) is 22.5. The molecule has 1 N–H and O–H groups in total. The number of hydrogen-bond donors (Lipinski definition) is 1. The number of carbonyl (C=O) groups is 3. The number of nitrogens with zero attached hydrogens (tertiary/aromatic N) is 1. The van der Waals surface area contributed by atoms with Gasteiger partial charge < -0.3 is 27.0 Å². The van der Waals surface area contributed by atoms with Gasteiger partial charge in [-0.3, -0.25) is 18.7 Å². The van der Waals surface area contributed by atoms with Gasteiger partial charge in [-0.15, -0.1) is 0 Å². The maximum atomic E-state index is 14.7. The van der Waals surface area contributed by atoms with Crippen molar-refractivity contribution in [3.8, 4) is 0 Å². The summed E-state index contributed by atoms with van der Waals surface area (Å²) in [6.45, 7) is 6.70. The molecule has 4 aromatic carbocycles. The van der Waals surface area contributed by atoms with Gasteiger partial charge in [-0.1, -0.05) is 84.9 Å². The van der Waals surface area contributed by atoms with Gasteiger partial charge in [0.05, 0.1) is 22.9 Å². The first-order valence-electron chi connectivity index (χ1n) is 15.6. The van der Waals surface area contributed by atoms with Gasteiger partial charge in [-0.05, 0) is 62.7 Å². The molecule has 0 radical (unpaired) electrons. The fourth-order valence-corrected chi connectivity index (χ4v) is 13.0. The van der Waals surface area contributed by atoms with Crippen LogP contribution in [0, 0.1) is 0 Å². The molecule has 4 atom stereocenters. The zero-order valence-corrected chi connectivity index (χ0v) is 30.5. The van der Waals surface area contributed by atoms with Gasteiger partial charge in [0.2, 0.25) is 11.8 Å². The van der Waals surface area contributed by atoms with Crippen molar-refractivity contribution >= 4 is 51.8 Å². The van der Waals surface area contributed by atoms with Crippen molar-refractivity contribution in [1.29, 1.82) is 0 Å². The summed E-state index contributed by atoms with van der Waals surface area (Å²) in [7, 11) is -4.47. The van der Waals surface area contributed by atoms with Gasteiger partial charge in [-0.25, -0.2) is 4.79 Å². The highest BCUT2D eigenvalue weighted by molar-refractivity contribution is 7.96. The van der Waals surface area contributed by atoms with E-state index >= 15 is 0 Å². The number of β-lactam (4-membered cyclic amide) rings is 1. The van der Waals surface area contributed by atoms with Crippen LogP contribution in [0.15, 0.2) is 133 Å². The van der Waals surface area contributed by atoms with Gasteiger partial charge in [0.25, 0.3) is 0 Å². The number of halogens is 1. The van der Waals surface area contributed by atoms with Crippen LogP contribution in [0.2, 0.25) is 0 Å². The van der Waals surface area contributed by atoms with E-state index in [-0.39, 0.29) is 40.7 Å². The molecule has 2 heterocycles. The molecule has 6 rings (SSSR count). The molecule has 0 aliphatic carbocycles. The molecule has 2 aliphatic heterocycles. The maximum absolute atomic E-state index is 14.7. The average Bonchev–Trinajstić information content (AvgIpc) is 3.06. The van der Waals surface area contributed by atoms with Crippen molar-refractivity contribution in [1.82, 2.24) is 10.2 Å². The number of amides is 2. The summed E-state index contributed by atoms with van der Waals surface area (Å²) in [5.41, 5.74) is 0.323. The highest BCUT2D eigenvalue weighted by atomic mass is 79.9. The number of fused-ring (bicyclic) bond motifs is 1. The third-order valence-corrected chi connectivity index (χ3v) is 14.6. The molecular weight excluding hydrogens is 707 g/mol. The highest BCUT2D eigenvalue weighted by Gasteiger charge is 2.62. The second-order valence-electron chi connectivity index (χ2n) is 12.7. The minimum Gasteiger partial charge on any atom is -1.00 e. The molecular formula is C38H38BrN2O5PS. The van der Waals surface area contributed by atoms with E-state index in [1.807, 2.05) is 84.9 Å². The van der Waals surface area contributed by atoms with E-state index < -0.39 is 46.3 Å². The number of rotatable bonds is 8. The lowest BCUT2D eigenvalue weighted by atomic mass is 9.88. The lowest BCUT2D eigenvalue weighted by Crippen LogP contribution is -3.00. The number of benzene rings is 4. The minimum atomic E-state index is -2.66. The van der Waals surface area contributed by atoms with Crippen LogP contribution in [-0.2, 0) is 29.9 Å². The SMILES string of the molecule is CC(=O)NC1C(C[P+](c2ccccc2)(c2ccccc2)c2ccccc2)=C(C(=O)OC(C)(C)C)N2C(=O)[C@@H](c3ccccc3)[C@H]2[S@@]1=O.[Br-]. The Morgan fingerprint density at radius 3 is 1.65 bits per heavy atom. The summed E-state index contributed by atoms with van der Waals surface area (Å²) in [4.78, 5) is 42.7. The Balaban J connectivity index is 0.00000451. The summed E-state index contributed by atoms with van der Waals surface area (Å²) < 4.78 is 20.7. The Bertz CT molecular complexity index is 1750. The van der Waals surface area contributed by atoms with Crippen molar-refractivity contribution in [2.45, 2.75) is 50.0 Å². The van der Waals surface area contributed by atoms with Crippen molar-refractivity contribution in [2.24, 2.45) is 0 Å². The van der Waals surface area contributed by atoms with Crippen LogP contribution in [0.5, 0.6) is 0 Å². The number of hydrogen-bond acceptors (Lipinski definition) is 5. The van der Waals surface area contributed by atoms with Gasteiger partial charge in [0.15, 0.2) is 0 Å². The van der Waals surface area contributed by atoms with Crippen molar-refractivity contribution in [3.63, 3.8) is 0 Å². The number of esters is 1. The summed E-state index contributed by atoms with van der Waals surface area (Å²) >= 11 is 0. The predicted molar refractivity (Wildman–Crippen MR) is 188 cm³/mol. The molecule has 0 aromatic heterocycles. The molecule has 2 amide bonds. The maximum Gasteiger partial charge on any atom is 0.355 e. The Kier molecular flexibility index (Phi) is 10.5. The molecule has 0 saturated carbocycles. The minimum absolute atomic E-state index is 0.